The van der Waals surface area contributed by atoms with E-state index in [4.69, 9.17) is 11.7 Å². The van der Waals surface area contributed by atoms with Crippen LogP contribution in [0.25, 0.3) is 0 Å². The molecule has 1 rings (SSSR count). The van der Waals surface area contributed by atoms with Gasteiger partial charge in [0.05, 0.1) is 0 Å². The molecular weight excluding hydrogens is 128 g/mol. The van der Waals surface area contributed by atoms with Crippen LogP contribution in [0.15, 0.2) is 12.4 Å². The van der Waals surface area contributed by atoms with E-state index in [1.807, 2.05) is 0 Å². The van der Waals surface area contributed by atoms with Gasteiger partial charge < -0.3 is 0 Å². The second-order valence-corrected chi connectivity index (χ2v) is 2.46. The molecule has 0 aromatic heterocycles. The van der Waals surface area contributed by atoms with Crippen LogP contribution in [-0.4, -0.2) is 16.2 Å². The van der Waals surface area contributed by atoms with E-state index in [1.165, 1.54) is 0 Å². The standard InChI is InChI=1S/C6H14N4/c1-2-3-6-9(7)4-5-10(6)8/h4-6H,2-3,7-8H2,1H3. The van der Waals surface area contributed by atoms with Gasteiger partial charge >= 0.3 is 0 Å². The SMILES string of the molecule is CCCC1N(N)C=CN1N. The molecule has 4 heteroatoms. The summed E-state index contributed by atoms with van der Waals surface area (Å²) in [6.07, 6.45) is 5.80. The molecule has 4 N–H and O–H groups in total. The number of hydrogen-bond donors (Lipinski definition) is 2. The van der Waals surface area contributed by atoms with Crippen LogP contribution in [0.4, 0.5) is 0 Å². The van der Waals surface area contributed by atoms with E-state index < -0.39 is 0 Å². The number of nitrogens with two attached hydrogens (primary N) is 2. The number of hydrogen-bond acceptors (Lipinski definition) is 4. The Morgan fingerprint density at radius 2 is 1.80 bits per heavy atom. The van der Waals surface area contributed by atoms with E-state index in [0.29, 0.717) is 0 Å². The highest BCUT2D eigenvalue weighted by atomic mass is 15.6. The van der Waals surface area contributed by atoms with E-state index in [-0.39, 0.29) is 6.17 Å². The number of rotatable bonds is 2. The van der Waals surface area contributed by atoms with Gasteiger partial charge in [0.1, 0.15) is 6.17 Å². The Morgan fingerprint density at radius 3 is 2.20 bits per heavy atom. The molecule has 1 aliphatic rings. The second-order valence-electron chi connectivity index (χ2n) is 2.46. The van der Waals surface area contributed by atoms with Gasteiger partial charge in [0.25, 0.3) is 0 Å². The lowest BCUT2D eigenvalue weighted by molar-refractivity contribution is 0.145. The molecule has 0 aliphatic carbocycles. The van der Waals surface area contributed by atoms with Crippen LogP contribution >= 0.6 is 0 Å². The second kappa shape index (κ2) is 2.90. The zero-order valence-corrected chi connectivity index (χ0v) is 6.20. The summed E-state index contributed by atoms with van der Waals surface area (Å²) in [6.45, 7) is 2.11. The summed E-state index contributed by atoms with van der Waals surface area (Å²) in [4.78, 5) is 0. The Balaban J connectivity index is 2.43. The summed E-state index contributed by atoms with van der Waals surface area (Å²) in [5.41, 5.74) is 0. The summed E-state index contributed by atoms with van der Waals surface area (Å²) in [5.74, 6) is 11.2. The maximum absolute atomic E-state index is 5.58. The molecule has 0 saturated carbocycles. The third-order valence-electron chi connectivity index (χ3n) is 1.65. The van der Waals surface area contributed by atoms with Crippen molar-refractivity contribution in [2.24, 2.45) is 11.7 Å². The molecule has 58 valence electrons. The van der Waals surface area contributed by atoms with Crippen molar-refractivity contribution in [2.75, 3.05) is 0 Å². The van der Waals surface area contributed by atoms with Gasteiger partial charge in [-0.15, -0.1) is 0 Å². The maximum Gasteiger partial charge on any atom is 0.129 e. The van der Waals surface area contributed by atoms with E-state index in [9.17, 15) is 0 Å². The first-order valence-electron chi connectivity index (χ1n) is 3.50. The molecule has 0 amide bonds. The normalized spacial score (nSPS) is 19.1. The molecule has 0 fully saturated rings. The van der Waals surface area contributed by atoms with E-state index in [0.717, 1.165) is 12.8 Å². The summed E-state index contributed by atoms with van der Waals surface area (Å²) >= 11 is 0. The lowest BCUT2D eigenvalue weighted by Gasteiger charge is -2.25. The summed E-state index contributed by atoms with van der Waals surface area (Å²) < 4.78 is 0. The van der Waals surface area contributed by atoms with E-state index in [2.05, 4.69) is 6.92 Å². The predicted molar refractivity (Wildman–Crippen MR) is 39.9 cm³/mol. The van der Waals surface area contributed by atoms with Crippen LogP contribution in [0.1, 0.15) is 19.8 Å². The van der Waals surface area contributed by atoms with Crippen LogP contribution in [0.2, 0.25) is 0 Å². The van der Waals surface area contributed by atoms with Gasteiger partial charge in [-0.3, -0.25) is 10.0 Å². The zero-order valence-electron chi connectivity index (χ0n) is 6.20. The average Bonchev–Trinajstić information content (AvgIpc) is 2.20. The lowest BCUT2D eigenvalue weighted by Crippen LogP contribution is -2.45. The molecule has 0 radical (unpaired) electrons. The van der Waals surface area contributed by atoms with Crippen molar-refractivity contribution < 1.29 is 0 Å². The average molecular weight is 142 g/mol. The molecule has 0 aromatic carbocycles. The smallest absolute Gasteiger partial charge is 0.129 e. The molecule has 0 saturated heterocycles. The first-order chi connectivity index (χ1) is 4.75. The van der Waals surface area contributed by atoms with Crippen LogP contribution in [-0.2, 0) is 0 Å². The molecular formula is C6H14N4. The van der Waals surface area contributed by atoms with Gasteiger partial charge in [0.15, 0.2) is 0 Å². The summed E-state index contributed by atoms with van der Waals surface area (Å²) in [6, 6.07) is 0. The molecule has 10 heavy (non-hydrogen) atoms. The molecule has 0 atom stereocenters. The zero-order chi connectivity index (χ0) is 7.56. The van der Waals surface area contributed by atoms with Gasteiger partial charge in [-0.2, -0.15) is 0 Å². The lowest BCUT2D eigenvalue weighted by atomic mass is 10.3. The number of nitrogens with zero attached hydrogens (tertiary/aromatic N) is 2. The van der Waals surface area contributed by atoms with Crippen molar-refractivity contribution in [3.05, 3.63) is 12.4 Å². The highest BCUT2D eigenvalue weighted by molar-refractivity contribution is 4.91. The van der Waals surface area contributed by atoms with Crippen molar-refractivity contribution in [3.63, 3.8) is 0 Å². The Morgan fingerprint density at radius 1 is 1.30 bits per heavy atom. The van der Waals surface area contributed by atoms with Crippen LogP contribution in [0, 0.1) is 0 Å². The molecule has 1 heterocycles. The topological polar surface area (TPSA) is 58.5 Å². The Bertz CT molecular complexity index is 122. The molecule has 0 aromatic rings. The van der Waals surface area contributed by atoms with Crippen molar-refractivity contribution in [3.8, 4) is 0 Å². The third-order valence-corrected chi connectivity index (χ3v) is 1.65. The fraction of sp³-hybridized carbons (Fsp3) is 0.667. The fourth-order valence-corrected chi connectivity index (χ4v) is 1.06. The van der Waals surface area contributed by atoms with Gasteiger partial charge in [0, 0.05) is 12.4 Å². The summed E-state index contributed by atoms with van der Waals surface area (Å²) in [7, 11) is 0. The van der Waals surface area contributed by atoms with Gasteiger partial charge in [-0.05, 0) is 6.42 Å². The van der Waals surface area contributed by atoms with Crippen molar-refractivity contribution in [2.45, 2.75) is 25.9 Å². The highest BCUT2D eigenvalue weighted by Gasteiger charge is 2.19. The third kappa shape index (κ3) is 1.22. The van der Waals surface area contributed by atoms with E-state index in [1.54, 1.807) is 22.4 Å². The number of hydrazine groups is 2. The van der Waals surface area contributed by atoms with Crippen LogP contribution < -0.4 is 11.7 Å². The first kappa shape index (κ1) is 7.37. The van der Waals surface area contributed by atoms with Crippen molar-refractivity contribution in [1.29, 1.82) is 0 Å². The molecule has 0 spiro atoms. The predicted octanol–water partition coefficient (Wildman–Crippen LogP) is -0.0512. The Labute approximate surface area is 61.0 Å². The monoisotopic (exact) mass is 142 g/mol. The Hall–Kier alpha value is -0.740. The minimum atomic E-state index is 0.157. The van der Waals surface area contributed by atoms with Crippen molar-refractivity contribution in [1.82, 2.24) is 10.0 Å². The minimum Gasteiger partial charge on any atom is -0.293 e. The van der Waals surface area contributed by atoms with Gasteiger partial charge in [-0.1, -0.05) is 13.3 Å². The molecule has 4 nitrogen and oxygen atoms in total. The van der Waals surface area contributed by atoms with Crippen molar-refractivity contribution >= 4 is 0 Å². The molecule has 0 bridgehead atoms. The van der Waals surface area contributed by atoms with Gasteiger partial charge in [-0.25, -0.2) is 11.7 Å². The molecule has 0 unspecified atom stereocenters. The molecule has 1 aliphatic heterocycles. The van der Waals surface area contributed by atoms with E-state index >= 15 is 0 Å². The maximum atomic E-state index is 5.58. The largest absolute Gasteiger partial charge is 0.293 e. The van der Waals surface area contributed by atoms with Gasteiger partial charge in [0.2, 0.25) is 0 Å². The summed E-state index contributed by atoms with van der Waals surface area (Å²) in [5, 5.41) is 3.26. The fourth-order valence-electron chi connectivity index (χ4n) is 1.06. The van der Waals surface area contributed by atoms with Crippen LogP contribution in [0.3, 0.4) is 0 Å². The Kier molecular flexibility index (Phi) is 2.13. The van der Waals surface area contributed by atoms with Crippen LogP contribution in [0.5, 0.6) is 0 Å². The quantitative estimate of drug-likeness (QED) is 0.531. The minimum absolute atomic E-state index is 0.157. The highest BCUT2D eigenvalue weighted by Crippen LogP contribution is 2.11. The first-order valence-corrected chi connectivity index (χ1v) is 3.50.